The Bertz CT molecular complexity index is 467. The summed E-state index contributed by atoms with van der Waals surface area (Å²) in [4.78, 5) is 14.4. The van der Waals surface area contributed by atoms with Crippen molar-refractivity contribution in [3.05, 3.63) is 28.2 Å². The van der Waals surface area contributed by atoms with Gasteiger partial charge in [0, 0.05) is 22.1 Å². The van der Waals surface area contributed by atoms with E-state index < -0.39 is 0 Å². The summed E-state index contributed by atoms with van der Waals surface area (Å²) in [7, 11) is 0. The largest absolute Gasteiger partial charge is 0.309 e. The first kappa shape index (κ1) is 11.3. The Balaban J connectivity index is 2.00. The number of fused-ring (bicyclic) bond motifs is 1. The van der Waals surface area contributed by atoms with Crippen LogP contribution in [0.1, 0.15) is 31.7 Å². The van der Waals surface area contributed by atoms with Crippen LogP contribution in [-0.2, 0) is 11.2 Å². The summed E-state index contributed by atoms with van der Waals surface area (Å²) < 4.78 is 1.10. The second-order valence-electron chi connectivity index (χ2n) is 5.14. The Morgan fingerprint density at radius 1 is 1.35 bits per heavy atom. The molecule has 2 nitrogen and oxygen atoms in total. The highest BCUT2D eigenvalue weighted by Crippen LogP contribution is 2.38. The molecule has 2 aliphatic rings. The maximum atomic E-state index is 12.3. The summed E-state index contributed by atoms with van der Waals surface area (Å²) in [6.45, 7) is 2.16. The second kappa shape index (κ2) is 4.13. The van der Waals surface area contributed by atoms with E-state index in [0.717, 1.165) is 35.8 Å². The molecule has 0 radical (unpaired) electrons. The van der Waals surface area contributed by atoms with Gasteiger partial charge in [-0.1, -0.05) is 15.9 Å². The Morgan fingerprint density at radius 2 is 2.12 bits per heavy atom. The van der Waals surface area contributed by atoms with E-state index in [9.17, 15) is 4.79 Å². The fourth-order valence-electron chi connectivity index (χ4n) is 2.58. The molecule has 1 aliphatic carbocycles. The summed E-state index contributed by atoms with van der Waals surface area (Å²) in [6.07, 6.45) is 4.30. The molecule has 3 heteroatoms. The Labute approximate surface area is 110 Å². The van der Waals surface area contributed by atoms with Gasteiger partial charge in [-0.25, -0.2) is 0 Å². The lowest BCUT2D eigenvalue weighted by Crippen LogP contribution is -2.43. The van der Waals surface area contributed by atoms with Gasteiger partial charge in [-0.3, -0.25) is 4.79 Å². The minimum absolute atomic E-state index is 0.298. The molecular formula is C14H16BrNO. The number of carbonyl (C=O) groups excluding carboxylic acids is 1. The summed E-state index contributed by atoms with van der Waals surface area (Å²) >= 11 is 3.50. The Hall–Kier alpha value is -0.830. The monoisotopic (exact) mass is 293 g/mol. The van der Waals surface area contributed by atoms with Crippen LogP contribution in [0.2, 0.25) is 0 Å². The predicted octanol–water partition coefficient (Wildman–Crippen LogP) is 3.53. The molecule has 0 saturated heterocycles. The average molecular weight is 294 g/mol. The molecule has 0 bridgehead atoms. The molecule has 1 heterocycles. The van der Waals surface area contributed by atoms with Crippen molar-refractivity contribution in [1.82, 2.24) is 0 Å². The van der Waals surface area contributed by atoms with Crippen molar-refractivity contribution in [3.63, 3.8) is 0 Å². The van der Waals surface area contributed by atoms with Crippen LogP contribution >= 0.6 is 15.9 Å². The lowest BCUT2D eigenvalue weighted by atomic mass is 9.96. The molecule has 1 saturated carbocycles. The molecule has 0 N–H and O–H groups in total. The maximum absolute atomic E-state index is 12.3. The number of amides is 1. The van der Waals surface area contributed by atoms with Crippen LogP contribution in [0.15, 0.2) is 22.7 Å². The van der Waals surface area contributed by atoms with Crippen LogP contribution in [0, 0.1) is 5.92 Å². The van der Waals surface area contributed by atoms with E-state index in [0.29, 0.717) is 17.9 Å². The minimum Gasteiger partial charge on any atom is -0.309 e. The first-order valence-electron chi connectivity index (χ1n) is 6.28. The van der Waals surface area contributed by atoms with E-state index in [-0.39, 0.29) is 0 Å². The van der Waals surface area contributed by atoms with Crippen LogP contribution in [0.4, 0.5) is 5.69 Å². The smallest absolute Gasteiger partial charge is 0.230 e. The number of hydrogen-bond acceptors (Lipinski definition) is 1. The second-order valence-corrected chi connectivity index (χ2v) is 6.06. The van der Waals surface area contributed by atoms with E-state index in [1.165, 1.54) is 5.56 Å². The zero-order valence-electron chi connectivity index (χ0n) is 9.95. The highest BCUT2D eigenvalue weighted by atomic mass is 79.9. The van der Waals surface area contributed by atoms with Crippen LogP contribution < -0.4 is 4.90 Å². The molecule has 3 rings (SSSR count). The first-order valence-corrected chi connectivity index (χ1v) is 7.07. The van der Waals surface area contributed by atoms with Crippen molar-refractivity contribution in [2.45, 2.75) is 38.6 Å². The average Bonchev–Trinajstić information content (AvgIpc) is 3.12. The van der Waals surface area contributed by atoms with Crippen LogP contribution in [0.3, 0.4) is 0 Å². The highest BCUT2D eigenvalue weighted by molar-refractivity contribution is 9.10. The summed E-state index contributed by atoms with van der Waals surface area (Å²) in [5.74, 6) is 0.632. The number of aryl methyl sites for hydroxylation is 1. The van der Waals surface area contributed by atoms with Gasteiger partial charge in [0.2, 0.25) is 5.91 Å². The molecule has 17 heavy (non-hydrogen) atoms. The third kappa shape index (κ3) is 2.01. The molecule has 0 aromatic heterocycles. The quantitative estimate of drug-likeness (QED) is 0.776. The van der Waals surface area contributed by atoms with E-state index in [4.69, 9.17) is 0 Å². The summed E-state index contributed by atoms with van der Waals surface area (Å²) in [5, 5.41) is 0. The maximum Gasteiger partial charge on any atom is 0.230 e. The molecule has 1 amide bonds. The normalized spacial score (nSPS) is 23.4. The first-order chi connectivity index (χ1) is 8.16. The van der Waals surface area contributed by atoms with Crippen LogP contribution in [0.25, 0.3) is 0 Å². The topological polar surface area (TPSA) is 20.3 Å². The number of nitrogens with zero attached hydrogens (tertiary/aromatic N) is 1. The summed E-state index contributed by atoms with van der Waals surface area (Å²) in [5.41, 5.74) is 2.43. The third-order valence-electron chi connectivity index (χ3n) is 3.74. The number of hydrogen-bond donors (Lipinski definition) is 0. The van der Waals surface area contributed by atoms with Crippen molar-refractivity contribution >= 4 is 27.5 Å². The SMILES string of the molecule is C[C@H]1CCc2cc(Br)ccc2N1C(=O)C1CC1. The Kier molecular flexibility index (Phi) is 2.74. The van der Waals surface area contributed by atoms with Crippen molar-refractivity contribution in [2.24, 2.45) is 5.92 Å². The van der Waals surface area contributed by atoms with Gasteiger partial charge >= 0.3 is 0 Å². The fourth-order valence-corrected chi connectivity index (χ4v) is 2.99. The van der Waals surface area contributed by atoms with Gasteiger partial charge in [-0.05, 0) is 56.4 Å². The molecule has 1 fully saturated rings. The number of anilines is 1. The summed E-state index contributed by atoms with van der Waals surface area (Å²) in [6, 6.07) is 6.60. The van der Waals surface area contributed by atoms with Crippen molar-refractivity contribution in [1.29, 1.82) is 0 Å². The van der Waals surface area contributed by atoms with E-state index in [1.807, 2.05) is 11.0 Å². The lowest BCUT2D eigenvalue weighted by Gasteiger charge is -2.35. The zero-order valence-corrected chi connectivity index (χ0v) is 11.5. The minimum atomic E-state index is 0.298. The number of halogens is 1. The molecule has 1 aromatic carbocycles. The van der Waals surface area contributed by atoms with Crippen LogP contribution in [0.5, 0.6) is 0 Å². The van der Waals surface area contributed by atoms with Crippen molar-refractivity contribution < 1.29 is 4.79 Å². The van der Waals surface area contributed by atoms with Gasteiger partial charge in [-0.2, -0.15) is 0 Å². The molecule has 90 valence electrons. The molecule has 1 aromatic rings. The standard InChI is InChI=1S/C14H16BrNO/c1-9-2-3-11-8-12(15)6-7-13(11)16(9)14(17)10-4-5-10/h6-10H,2-5H2,1H3/t9-/m0/s1. The van der Waals surface area contributed by atoms with Gasteiger partial charge in [0.15, 0.2) is 0 Å². The van der Waals surface area contributed by atoms with Gasteiger partial charge in [0.05, 0.1) is 0 Å². The zero-order chi connectivity index (χ0) is 12.0. The number of carbonyl (C=O) groups is 1. The third-order valence-corrected chi connectivity index (χ3v) is 4.23. The van der Waals surface area contributed by atoms with E-state index >= 15 is 0 Å². The molecular weight excluding hydrogens is 278 g/mol. The van der Waals surface area contributed by atoms with Gasteiger partial charge in [-0.15, -0.1) is 0 Å². The van der Waals surface area contributed by atoms with Gasteiger partial charge < -0.3 is 4.90 Å². The van der Waals surface area contributed by atoms with Crippen molar-refractivity contribution in [3.8, 4) is 0 Å². The van der Waals surface area contributed by atoms with E-state index in [1.54, 1.807) is 0 Å². The lowest BCUT2D eigenvalue weighted by molar-refractivity contribution is -0.120. The van der Waals surface area contributed by atoms with E-state index in [2.05, 4.69) is 35.0 Å². The fraction of sp³-hybridized carbons (Fsp3) is 0.500. The van der Waals surface area contributed by atoms with Gasteiger partial charge in [0.25, 0.3) is 0 Å². The number of benzene rings is 1. The number of rotatable bonds is 1. The van der Waals surface area contributed by atoms with Crippen LogP contribution in [-0.4, -0.2) is 11.9 Å². The molecule has 0 spiro atoms. The Morgan fingerprint density at radius 3 is 2.82 bits per heavy atom. The predicted molar refractivity (Wildman–Crippen MR) is 72.1 cm³/mol. The van der Waals surface area contributed by atoms with Gasteiger partial charge in [0.1, 0.15) is 0 Å². The highest BCUT2D eigenvalue weighted by Gasteiger charge is 2.37. The molecule has 1 atom stereocenters. The molecule has 1 aliphatic heterocycles. The molecule has 0 unspecified atom stereocenters. The van der Waals surface area contributed by atoms with Crippen molar-refractivity contribution in [2.75, 3.05) is 4.90 Å².